The van der Waals surface area contributed by atoms with E-state index in [1.807, 2.05) is 0 Å². The minimum atomic E-state index is 0.423. The number of halogens is 1. The van der Waals surface area contributed by atoms with Gasteiger partial charge in [-0.25, -0.2) is 0 Å². The number of nitrogens with two attached hydrogens (primary N) is 1. The Morgan fingerprint density at radius 2 is 2.50 bits per heavy atom. The van der Waals surface area contributed by atoms with E-state index in [1.165, 1.54) is 17.4 Å². The molecule has 0 aromatic rings. The van der Waals surface area contributed by atoms with Gasteiger partial charge in [-0.15, -0.1) is 0 Å². The summed E-state index contributed by atoms with van der Waals surface area (Å²) in [6.45, 7) is 3.32. The summed E-state index contributed by atoms with van der Waals surface area (Å²) >= 11 is 0.423. The zero-order valence-corrected chi connectivity index (χ0v) is 7.10. The van der Waals surface area contributed by atoms with Gasteiger partial charge in [0.2, 0.25) is 0 Å². The maximum absolute atomic E-state index is 5.38. The summed E-state index contributed by atoms with van der Waals surface area (Å²) in [6.07, 6.45) is 1.42. The second-order valence-corrected chi connectivity index (χ2v) is 4.99. The number of hydrogen-bond donors (Lipinski definition) is 1. The second kappa shape index (κ2) is 3.63. The Hall–Kier alpha value is 0.650. The van der Waals surface area contributed by atoms with Crippen LogP contribution in [-0.2, 0) is 0 Å². The van der Waals surface area contributed by atoms with Gasteiger partial charge in [0.05, 0.1) is 0 Å². The molecule has 1 aliphatic rings. The molecule has 0 aliphatic carbocycles. The van der Waals surface area contributed by atoms with Crippen LogP contribution in [0.2, 0.25) is 0 Å². The molecule has 0 spiro atoms. The average molecular weight is 227 g/mol. The molecule has 1 fully saturated rings. The standard InChI is InChI=1S/C5H12IN2/c7-3-5-8-4-1-2-6-8/h1-5,7H2/q-1. The average Bonchev–Trinajstić information content (AvgIpc) is 2.19. The monoisotopic (exact) mass is 227 g/mol. The van der Waals surface area contributed by atoms with E-state index in [9.17, 15) is 0 Å². The zero-order chi connectivity index (χ0) is 5.82. The molecule has 1 saturated heterocycles. The van der Waals surface area contributed by atoms with Gasteiger partial charge in [0.1, 0.15) is 0 Å². The van der Waals surface area contributed by atoms with Gasteiger partial charge in [-0.05, 0) is 0 Å². The molecule has 0 saturated carbocycles. The van der Waals surface area contributed by atoms with Crippen LogP contribution in [0.25, 0.3) is 0 Å². The van der Waals surface area contributed by atoms with Crippen LogP contribution >= 0.6 is 0 Å². The van der Waals surface area contributed by atoms with Crippen molar-refractivity contribution in [1.29, 1.82) is 0 Å². The molecular weight excluding hydrogens is 215 g/mol. The Balaban J connectivity index is 2.06. The Labute approximate surface area is 61.0 Å². The number of alkyl halides is 1. The molecule has 50 valence electrons. The number of nitrogens with zero attached hydrogens (tertiary/aromatic N) is 1. The van der Waals surface area contributed by atoms with Crippen molar-refractivity contribution in [2.24, 2.45) is 5.73 Å². The summed E-state index contributed by atoms with van der Waals surface area (Å²) in [6, 6.07) is 0. The van der Waals surface area contributed by atoms with Gasteiger partial charge < -0.3 is 0 Å². The van der Waals surface area contributed by atoms with Gasteiger partial charge in [-0.3, -0.25) is 0 Å². The van der Waals surface area contributed by atoms with E-state index < -0.39 is 0 Å². The third kappa shape index (κ3) is 1.87. The maximum atomic E-state index is 5.38. The number of rotatable bonds is 2. The molecular formula is C5H12IN2-. The fourth-order valence-electron chi connectivity index (χ4n) is 0.782. The van der Waals surface area contributed by atoms with Crippen molar-refractivity contribution < 1.29 is 21.5 Å². The van der Waals surface area contributed by atoms with E-state index in [1.54, 1.807) is 0 Å². The first-order chi connectivity index (χ1) is 3.93. The van der Waals surface area contributed by atoms with Gasteiger partial charge in [0, 0.05) is 0 Å². The molecule has 0 bridgehead atoms. The Bertz CT molecular complexity index is 61.4. The van der Waals surface area contributed by atoms with Gasteiger partial charge in [0.15, 0.2) is 0 Å². The molecule has 0 amide bonds. The molecule has 8 heavy (non-hydrogen) atoms. The summed E-state index contributed by atoms with van der Waals surface area (Å²) in [5, 5.41) is 0. The first-order valence-corrected chi connectivity index (χ1v) is 5.47. The van der Waals surface area contributed by atoms with Gasteiger partial charge in [0.25, 0.3) is 0 Å². The molecule has 1 rings (SSSR count). The quantitative estimate of drug-likeness (QED) is 0.303. The molecule has 1 aliphatic heterocycles. The molecule has 0 radical (unpaired) electrons. The predicted molar refractivity (Wildman–Crippen MR) is 30.1 cm³/mol. The predicted octanol–water partition coefficient (Wildman–Crippen LogP) is -3.35. The molecule has 3 heteroatoms. The van der Waals surface area contributed by atoms with Crippen molar-refractivity contribution >= 4 is 0 Å². The summed E-state index contributed by atoms with van der Waals surface area (Å²) in [5.74, 6) is 0. The topological polar surface area (TPSA) is 29.3 Å². The van der Waals surface area contributed by atoms with Crippen molar-refractivity contribution in [3.05, 3.63) is 0 Å². The Kier molecular flexibility index (Phi) is 3.07. The van der Waals surface area contributed by atoms with Crippen molar-refractivity contribution in [2.75, 3.05) is 24.1 Å². The molecule has 0 aromatic heterocycles. The first kappa shape index (κ1) is 6.77. The van der Waals surface area contributed by atoms with E-state index in [0.29, 0.717) is 21.5 Å². The van der Waals surface area contributed by atoms with Crippen molar-refractivity contribution in [3.8, 4) is 0 Å². The fourth-order valence-corrected chi connectivity index (χ4v) is 3.45. The van der Waals surface area contributed by atoms with Crippen LogP contribution in [-0.4, -0.2) is 27.2 Å². The minimum absolute atomic E-state index is 0.423. The Morgan fingerprint density at radius 1 is 1.62 bits per heavy atom. The van der Waals surface area contributed by atoms with Crippen LogP contribution in [0.15, 0.2) is 0 Å². The third-order valence-corrected chi connectivity index (χ3v) is 4.33. The van der Waals surface area contributed by atoms with Gasteiger partial charge in [-0.2, -0.15) is 0 Å². The first-order valence-electron chi connectivity index (χ1n) is 2.98. The van der Waals surface area contributed by atoms with Gasteiger partial charge >= 0.3 is 60.8 Å². The molecule has 1 heterocycles. The van der Waals surface area contributed by atoms with Crippen LogP contribution in [0.5, 0.6) is 0 Å². The second-order valence-electron chi connectivity index (χ2n) is 1.86. The SMILES string of the molecule is NCCN1CCC[I-]1. The zero-order valence-electron chi connectivity index (χ0n) is 4.94. The summed E-state index contributed by atoms with van der Waals surface area (Å²) < 4.78 is 4.01. The van der Waals surface area contributed by atoms with Crippen LogP contribution < -0.4 is 27.2 Å². The van der Waals surface area contributed by atoms with E-state index in [2.05, 4.69) is 3.11 Å². The summed E-state index contributed by atoms with van der Waals surface area (Å²) in [4.78, 5) is 0. The Morgan fingerprint density at radius 3 is 3.00 bits per heavy atom. The fraction of sp³-hybridized carbons (Fsp3) is 1.00. The van der Waals surface area contributed by atoms with Crippen molar-refractivity contribution in [3.63, 3.8) is 0 Å². The van der Waals surface area contributed by atoms with Crippen molar-refractivity contribution in [2.45, 2.75) is 6.42 Å². The third-order valence-electron chi connectivity index (χ3n) is 1.16. The molecule has 2 N–H and O–H groups in total. The summed E-state index contributed by atoms with van der Waals surface area (Å²) in [7, 11) is 0. The normalized spacial score (nSPS) is 23.1. The molecule has 0 aromatic carbocycles. The summed E-state index contributed by atoms with van der Waals surface area (Å²) in [5.41, 5.74) is 5.38. The van der Waals surface area contributed by atoms with Crippen LogP contribution in [0.4, 0.5) is 0 Å². The van der Waals surface area contributed by atoms with Crippen LogP contribution in [0.1, 0.15) is 6.42 Å². The van der Waals surface area contributed by atoms with E-state index in [0.717, 1.165) is 13.1 Å². The van der Waals surface area contributed by atoms with E-state index in [4.69, 9.17) is 5.73 Å². The van der Waals surface area contributed by atoms with E-state index >= 15 is 0 Å². The van der Waals surface area contributed by atoms with Crippen LogP contribution in [0.3, 0.4) is 0 Å². The number of hydrogen-bond acceptors (Lipinski definition) is 2. The molecule has 2 nitrogen and oxygen atoms in total. The van der Waals surface area contributed by atoms with Crippen molar-refractivity contribution in [1.82, 2.24) is 3.11 Å². The van der Waals surface area contributed by atoms with Gasteiger partial charge in [-0.1, -0.05) is 0 Å². The molecule has 0 atom stereocenters. The van der Waals surface area contributed by atoms with E-state index in [-0.39, 0.29) is 0 Å². The van der Waals surface area contributed by atoms with Crippen LogP contribution in [0, 0.1) is 0 Å². The molecule has 0 unspecified atom stereocenters.